The number of nitriles is 1. The summed E-state index contributed by atoms with van der Waals surface area (Å²) in [4.78, 5) is 37.2. The van der Waals surface area contributed by atoms with Crippen molar-refractivity contribution < 1.29 is 14.3 Å². The molecule has 9 nitrogen and oxygen atoms in total. The van der Waals surface area contributed by atoms with Crippen LogP contribution < -0.4 is 10.1 Å². The first-order valence-corrected chi connectivity index (χ1v) is 11.2. The highest BCUT2D eigenvalue weighted by Crippen LogP contribution is 2.39. The van der Waals surface area contributed by atoms with Gasteiger partial charge in [-0.15, -0.1) is 12.4 Å². The van der Waals surface area contributed by atoms with Crippen LogP contribution in [0.5, 0.6) is 5.75 Å². The predicted molar refractivity (Wildman–Crippen MR) is 133 cm³/mol. The third-order valence-corrected chi connectivity index (χ3v) is 6.42. The van der Waals surface area contributed by atoms with E-state index in [-0.39, 0.29) is 24.2 Å². The number of hydrogen-bond acceptors (Lipinski definition) is 7. The van der Waals surface area contributed by atoms with Gasteiger partial charge in [0.2, 0.25) is 11.8 Å². The molecule has 5 rings (SSSR count). The largest absolute Gasteiger partial charge is 0.492 e. The number of carbonyl (C=O) groups is 2. The van der Waals surface area contributed by atoms with Crippen molar-refractivity contribution in [3.63, 3.8) is 0 Å². The van der Waals surface area contributed by atoms with Crippen LogP contribution in [-0.2, 0) is 9.59 Å². The molecule has 1 saturated heterocycles. The molecule has 1 aromatic heterocycles. The molecule has 0 saturated carbocycles. The van der Waals surface area contributed by atoms with Gasteiger partial charge in [-0.05, 0) is 35.9 Å². The number of hydrogen-bond donors (Lipinski definition) is 1. The highest BCUT2D eigenvalue weighted by Gasteiger charge is 2.34. The van der Waals surface area contributed by atoms with Crippen molar-refractivity contribution >= 4 is 40.8 Å². The maximum atomic E-state index is 12.8. The lowest BCUT2D eigenvalue weighted by molar-refractivity contribution is -0.130. The number of anilines is 1. The second-order valence-corrected chi connectivity index (χ2v) is 8.47. The van der Waals surface area contributed by atoms with Crippen LogP contribution in [0.3, 0.4) is 0 Å². The summed E-state index contributed by atoms with van der Waals surface area (Å²) < 4.78 is 5.97. The Balaban J connectivity index is 0.00000289. The quantitative estimate of drug-likeness (QED) is 0.582. The van der Waals surface area contributed by atoms with Crippen LogP contribution in [0.4, 0.5) is 5.69 Å². The first-order valence-electron chi connectivity index (χ1n) is 11.2. The number of ether oxygens (including phenoxy) is 1. The average Bonchev–Trinajstić information content (AvgIpc) is 3.18. The third-order valence-electron chi connectivity index (χ3n) is 6.42. The summed E-state index contributed by atoms with van der Waals surface area (Å²) in [5, 5.41) is 12.9. The zero-order valence-electron chi connectivity index (χ0n) is 19.2. The van der Waals surface area contributed by atoms with E-state index in [0.29, 0.717) is 34.8 Å². The first kappa shape index (κ1) is 24.4. The predicted octanol–water partition coefficient (Wildman–Crippen LogP) is 2.55. The fourth-order valence-electron chi connectivity index (χ4n) is 4.56. The summed E-state index contributed by atoms with van der Waals surface area (Å²) >= 11 is 0. The molecule has 3 aromatic rings. The summed E-state index contributed by atoms with van der Waals surface area (Å²) in [7, 11) is 0. The molecular weight excluding hydrogens is 468 g/mol. The number of piperazine rings is 1. The van der Waals surface area contributed by atoms with E-state index in [1.165, 1.54) is 6.33 Å². The smallest absolute Gasteiger partial charge is 0.238 e. The minimum atomic E-state index is -0.603. The molecule has 2 aliphatic heterocycles. The molecule has 1 N–H and O–H groups in total. The van der Waals surface area contributed by atoms with Crippen LogP contribution in [0, 0.1) is 11.3 Å². The Morgan fingerprint density at radius 1 is 1.17 bits per heavy atom. The lowest BCUT2D eigenvalue weighted by Gasteiger charge is -2.34. The van der Waals surface area contributed by atoms with E-state index in [1.54, 1.807) is 25.1 Å². The molecule has 35 heavy (non-hydrogen) atoms. The van der Waals surface area contributed by atoms with E-state index in [9.17, 15) is 14.9 Å². The SMILES string of the molecule is CC(=O)N1CCN(CCOc2ccc3c(C4C(=O)Nc5ccc(C#N)cc54)ncnc3c2)CC1.Cl. The van der Waals surface area contributed by atoms with E-state index >= 15 is 0 Å². The standard InChI is InChI=1S/C25H24N6O3.ClH/c1-16(32)31-8-6-30(7-9-31)10-11-34-18-3-4-19-22(13-18)27-15-28-24(19)23-20-12-17(14-26)2-5-21(20)29-25(23)33;/h2-5,12-13,15,23H,6-11H2,1H3,(H,29,33);1H. The summed E-state index contributed by atoms with van der Waals surface area (Å²) in [5.74, 6) is 0.0459. The lowest BCUT2D eigenvalue weighted by Crippen LogP contribution is -2.48. The van der Waals surface area contributed by atoms with E-state index in [4.69, 9.17) is 4.74 Å². The molecule has 10 heteroatoms. The number of fused-ring (bicyclic) bond motifs is 2. The summed E-state index contributed by atoms with van der Waals surface area (Å²) in [5.41, 5.74) is 3.23. The fourth-order valence-corrected chi connectivity index (χ4v) is 4.56. The Bertz CT molecular complexity index is 1320. The first-order chi connectivity index (χ1) is 16.5. The molecule has 0 radical (unpaired) electrons. The number of carbonyl (C=O) groups excluding carboxylic acids is 2. The summed E-state index contributed by atoms with van der Waals surface area (Å²) in [6.07, 6.45) is 1.45. The van der Waals surface area contributed by atoms with E-state index in [2.05, 4.69) is 26.3 Å². The number of rotatable bonds is 5. The number of nitrogens with zero attached hydrogens (tertiary/aromatic N) is 5. The Kier molecular flexibility index (Phi) is 7.15. The summed E-state index contributed by atoms with van der Waals surface area (Å²) in [6.45, 7) is 6.09. The van der Waals surface area contributed by atoms with Crippen LogP contribution in [0.25, 0.3) is 10.9 Å². The van der Waals surface area contributed by atoms with Gasteiger partial charge in [0.1, 0.15) is 24.6 Å². The van der Waals surface area contributed by atoms with Gasteiger partial charge in [0.05, 0.1) is 22.8 Å². The second-order valence-electron chi connectivity index (χ2n) is 8.47. The minimum absolute atomic E-state index is 0. The van der Waals surface area contributed by atoms with Crippen molar-refractivity contribution in [3.05, 3.63) is 59.5 Å². The van der Waals surface area contributed by atoms with Crippen molar-refractivity contribution in [3.8, 4) is 11.8 Å². The van der Waals surface area contributed by atoms with Gasteiger partial charge in [-0.1, -0.05) is 0 Å². The molecule has 1 unspecified atom stereocenters. The highest BCUT2D eigenvalue weighted by atomic mass is 35.5. The van der Waals surface area contributed by atoms with Gasteiger partial charge < -0.3 is 15.0 Å². The molecule has 180 valence electrons. The number of aromatic nitrogens is 2. The molecule has 0 spiro atoms. The maximum absolute atomic E-state index is 12.8. The van der Waals surface area contributed by atoms with E-state index in [0.717, 1.165) is 43.7 Å². The van der Waals surface area contributed by atoms with Crippen molar-refractivity contribution in [2.24, 2.45) is 0 Å². The van der Waals surface area contributed by atoms with Crippen LogP contribution in [0.2, 0.25) is 0 Å². The van der Waals surface area contributed by atoms with Gasteiger partial charge in [0, 0.05) is 56.8 Å². The van der Waals surface area contributed by atoms with Crippen molar-refractivity contribution in [2.75, 3.05) is 44.6 Å². The average molecular weight is 493 g/mol. The maximum Gasteiger partial charge on any atom is 0.238 e. The van der Waals surface area contributed by atoms with Gasteiger partial charge in [-0.3, -0.25) is 14.5 Å². The number of amides is 2. The zero-order valence-corrected chi connectivity index (χ0v) is 20.0. The monoisotopic (exact) mass is 492 g/mol. The van der Waals surface area contributed by atoms with Gasteiger partial charge in [-0.2, -0.15) is 5.26 Å². The minimum Gasteiger partial charge on any atom is -0.492 e. The Hall–Kier alpha value is -3.74. The lowest BCUT2D eigenvalue weighted by atomic mass is 9.93. The molecule has 0 bridgehead atoms. The zero-order chi connectivity index (χ0) is 23.7. The number of halogens is 1. The highest BCUT2D eigenvalue weighted by molar-refractivity contribution is 6.06. The van der Waals surface area contributed by atoms with Crippen molar-refractivity contribution in [2.45, 2.75) is 12.8 Å². The molecule has 2 aromatic carbocycles. The molecule has 3 heterocycles. The second kappa shape index (κ2) is 10.3. The van der Waals surface area contributed by atoms with Gasteiger partial charge >= 0.3 is 0 Å². The molecular formula is C25H25ClN6O3. The van der Waals surface area contributed by atoms with Crippen LogP contribution >= 0.6 is 12.4 Å². The van der Waals surface area contributed by atoms with Crippen LogP contribution in [-0.4, -0.2) is 70.9 Å². The van der Waals surface area contributed by atoms with Crippen molar-refractivity contribution in [1.29, 1.82) is 5.26 Å². The van der Waals surface area contributed by atoms with Crippen molar-refractivity contribution in [1.82, 2.24) is 19.8 Å². The van der Waals surface area contributed by atoms with Gasteiger partial charge in [0.25, 0.3) is 0 Å². The van der Waals surface area contributed by atoms with Crippen LogP contribution in [0.1, 0.15) is 29.7 Å². The van der Waals surface area contributed by atoms with E-state index < -0.39 is 5.92 Å². The molecule has 2 aliphatic rings. The molecule has 2 amide bonds. The molecule has 1 atom stereocenters. The van der Waals surface area contributed by atoms with Gasteiger partial charge in [-0.25, -0.2) is 9.97 Å². The number of nitrogens with one attached hydrogen (secondary N) is 1. The van der Waals surface area contributed by atoms with Crippen LogP contribution in [0.15, 0.2) is 42.7 Å². The molecule has 0 aliphatic carbocycles. The Labute approximate surface area is 209 Å². The Morgan fingerprint density at radius 2 is 1.97 bits per heavy atom. The third kappa shape index (κ3) is 4.90. The normalized spacial score (nSPS) is 17.3. The van der Waals surface area contributed by atoms with E-state index in [1.807, 2.05) is 23.1 Å². The fraction of sp³-hybridized carbons (Fsp3) is 0.320. The topological polar surface area (TPSA) is 111 Å². The Morgan fingerprint density at radius 3 is 2.71 bits per heavy atom. The number of benzene rings is 2. The van der Waals surface area contributed by atoms with Gasteiger partial charge in [0.15, 0.2) is 0 Å². The molecule has 1 fully saturated rings. The summed E-state index contributed by atoms with van der Waals surface area (Å²) in [6, 6.07) is 12.9.